The average molecular weight is 529 g/mol. The van der Waals surface area contributed by atoms with Crippen LogP contribution in [0.25, 0.3) is 11.0 Å². The molecule has 0 aliphatic heterocycles. The fraction of sp³-hybridized carbons (Fsp3) is 0.0952. The van der Waals surface area contributed by atoms with Crippen molar-refractivity contribution in [2.75, 3.05) is 4.72 Å². The molecule has 7 nitrogen and oxygen atoms in total. The molecule has 0 saturated carbocycles. The van der Waals surface area contributed by atoms with Crippen molar-refractivity contribution < 1.29 is 26.3 Å². The number of aromatic nitrogens is 3. The summed E-state index contributed by atoms with van der Waals surface area (Å²) >= 11 is 11.7. The topological polar surface area (TPSA) is 94.1 Å². The number of ether oxygens (including phenoxy) is 1. The van der Waals surface area contributed by atoms with Crippen LogP contribution in [-0.4, -0.2) is 29.5 Å². The molecule has 0 spiro atoms. The van der Waals surface area contributed by atoms with E-state index < -0.39 is 34.0 Å². The number of alkyl halides is 3. The Hall–Kier alpha value is -3.15. The smallest absolute Gasteiger partial charge is 0.429 e. The maximum absolute atomic E-state index is 13.9. The fourth-order valence-electron chi connectivity index (χ4n) is 2.96. The number of hydrogen-bond acceptors (Lipinski definition) is 6. The molecule has 176 valence electrons. The van der Waals surface area contributed by atoms with Crippen LogP contribution < -0.4 is 9.46 Å². The number of rotatable bonds is 6. The van der Waals surface area contributed by atoms with Gasteiger partial charge in [0.15, 0.2) is 0 Å². The molecule has 13 heteroatoms. The molecule has 34 heavy (non-hydrogen) atoms. The second kappa shape index (κ2) is 9.24. The van der Waals surface area contributed by atoms with Gasteiger partial charge in [-0.3, -0.25) is 4.72 Å². The third-order valence-electron chi connectivity index (χ3n) is 4.48. The lowest BCUT2D eigenvalue weighted by molar-refractivity contribution is -0.198. The van der Waals surface area contributed by atoms with E-state index in [9.17, 15) is 21.6 Å². The van der Waals surface area contributed by atoms with Crippen LogP contribution in [-0.2, 0) is 10.0 Å². The first-order valence-corrected chi connectivity index (χ1v) is 11.7. The molecule has 2 aromatic carbocycles. The molecule has 0 radical (unpaired) electrons. The molecular weight excluding hydrogens is 516 g/mol. The molecule has 0 fully saturated rings. The van der Waals surface area contributed by atoms with E-state index >= 15 is 0 Å². The maximum atomic E-state index is 13.9. The van der Waals surface area contributed by atoms with Gasteiger partial charge in [0.25, 0.3) is 15.9 Å². The quantitative estimate of drug-likeness (QED) is 0.317. The van der Waals surface area contributed by atoms with Crippen molar-refractivity contribution in [2.24, 2.45) is 0 Å². The van der Waals surface area contributed by atoms with Crippen molar-refractivity contribution in [1.82, 2.24) is 15.0 Å². The number of fused-ring (bicyclic) bond motifs is 1. The summed E-state index contributed by atoms with van der Waals surface area (Å²) in [6.07, 6.45) is -6.53. The molecule has 0 bridgehead atoms. The van der Waals surface area contributed by atoms with Crippen LogP contribution in [0.15, 0.2) is 71.8 Å². The Morgan fingerprint density at radius 1 is 0.912 bits per heavy atom. The Balaban J connectivity index is 1.82. The standard InChI is InChI=1S/C21H13Cl2F3N4O3S/c22-13-5-1-4-8-16(13)34(31,32)30-19-20(29-15-7-3-2-6-14(15)28-19)33-18(21(24,25)26)12-9-10-17(23)27-11-12/h1-11,18H,(H,28,30). The second-order valence-corrected chi connectivity index (χ2v) is 9.30. The molecule has 0 aliphatic carbocycles. The summed E-state index contributed by atoms with van der Waals surface area (Å²) in [6.45, 7) is 0. The summed E-state index contributed by atoms with van der Waals surface area (Å²) in [4.78, 5) is 11.6. The maximum Gasteiger partial charge on any atom is 0.429 e. The van der Waals surface area contributed by atoms with Crippen LogP contribution in [0.4, 0.5) is 19.0 Å². The van der Waals surface area contributed by atoms with Crippen molar-refractivity contribution in [3.8, 4) is 5.88 Å². The first-order valence-electron chi connectivity index (χ1n) is 9.43. The van der Waals surface area contributed by atoms with Gasteiger partial charge in [-0.15, -0.1) is 0 Å². The van der Waals surface area contributed by atoms with Gasteiger partial charge in [0.1, 0.15) is 10.0 Å². The average Bonchev–Trinajstić information content (AvgIpc) is 2.77. The first-order chi connectivity index (χ1) is 16.0. The summed E-state index contributed by atoms with van der Waals surface area (Å²) in [5, 5.41) is -0.102. The summed E-state index contributed by atoms with van der Waals surface area (Å²) in [5.74, 6) is -1.23. The van der Waals surface area contributed by atoms with Gasteiger partial charge in [-0.2, -0.15) is 13.2 Å². The zero-order valence-corrected chi connectivity index (χ0v) is 19.1. The number of halogens is 5. The van der Waals surface area contributed by atoms with Gasteiger partial charge in [-0.25, -0.2) is 23.4 Å². The van der Waals surface area contributed by atoms with Gasteiger partial charge in [0.2, 0.25) is 11.9 Å². The molecule has 0 amide bonds. The van der Waals surface area contributed by atoms with Gasteiger partial charge in [0, 0.05) is 11.8 Å². The number of hydrogen-bond donors (Lipinski definition) is 1. The van der Waals surface area contributed by atoms with E-state index in [4.69, 9.17) is 27.9 Å². The van der Waals surface area contributed by atoms with Crippen LogP contribution in [0.2, 0.25) is 10.2 Å². The van der Waals surface area contributed by atoms with Crippen LogP contribution in [0.1, 0.15) is 11.7 Å². The van der Waals surface area contributed by atoms with Crippen molar-refractivity contribution in [2.45, 2.75) is 17.2 Å². The highest BCUT2D eigenvalue weighted by Gasteiger charge is 2.44. The zero-order valence-electron chi connectivity index (χ0n) is 16.8. The molecule has 1 N–H and O–H groups in total. The van der Waals surface area contributed by atoms with Gasteiger partial charge >= 0.3 is 6.18 Å². The number of pyridine rings is 1. The lowest BCUT2D eigenvalue weighted by Gasteiger charge is -2.22. The number of sulfonamides is 1. The Bertz CT molecular complexity index is 1450. The van der Waals surface area contributed by atoms with Crippen molar-refractivity contribution in [1.29, 1.82) is 0 Å². The minimum Gasteiger partial charge on any atom is -0.457 e. The monoisotopic (exact) mass is 528 g/mol. The Morgan fingerprint density at radius 2 is 1.56 bits per heavy atom. The number of para-hydroxylation sites is 2. The summed E-state index contributed by atoms with van der Waals surface area (Å²) < 4.78 is 74.9. The van der Waals surface area contributed by atoms with Crippen molar-refractivity contribution in [3.63, 3.8) is 0 Å². The van der Waals surface area contributed by atoms with Gasteiger partial charge in [0.05, 0.1) is 16.1 Å². The predicted molar refractivity (Wildman–Crippen MR) is 120 cm³/mol. The van der Waals surface area contributed by atoms with Gasteiger partial charge < -0.3 is 4.74 Å². The van der Waals surface area contributed by atoms with Crippen LogP contribution in [0, 0.1) is 0 Å². The van der Waals surface area contributed by atoms with E-state index in [0.29, 0.717) is 0 Å². The molecule has 2 aromatic heterocycles. The van der Waals surface area contributed by atoms with E-state index in [-0.39, 0.29) is 31.7 Å². The molecule has 1 atom stereocenters. The normalized spacial score (nSPS) is 13.0. The second-order valence-electron chi connectivity index (χ2n) is 6.86. The number of nitrogens with one attached hydrogen (secondary N) is 1. The highest BCUT2D eigenvalue weighted by molar-refractivity contribution is 7.92. The fourth-order valence-corrected chi connectivity index (χ4v) is 4.59. The van der Waals surface area contributed by atoms with E-state index in [0.717, 1.165) is 12.3 Å². The largest absolute Gasteiger partial charge is 0.457 e. The summed E-state index contributed by atoms with van der Waals surface area (Å²) in [5.41, 5.74) is 0.0449. The Kier molecular flexibility index (Phi) is 6.52. The third kappa shape index (κ3) is 5.16. The molecular formula is C21H13Cl2F3N4O3S. The van der Waals surface area contributed by atoms with E-state index in [1.54, 1.807) is 12.1 Å². The molecule has 4 aromatic rings. The zero-order chi connectivity index (χ0) is 24.5. The number of nitrogens with zero attached hydrogens (tertiary/aromatic N) is 3. The molecule has 4 rings (SSSR count). The molecule has 2 heterocycles. The number of benzene rings is 2. The van der Waals surface area contributed by atoms with E-state index in [1.807, 2.05) is 0 Å². The predicted octanol–water partition coefficient (Wildman–Crippen LogP) is 5.81. The van der Waals surface area contributed by atoms with Gasteiger partial charge in [-0.1, -0.05) is 53.5 Å². The van der Waals surface area contributed by atoms with Crippen molar-refractivity contribution in [3.05, 3.63) is 82.6 Å². The SMILES string of the molecule is O=S(=O)(Nc1nc2ccccc2nc1OC(c1ccc(Cl)nc1)C(F)(F)F)c1ccccc1Cl. The Morgan fingerprint density at radius 3 is 2.18 bits per heavy atom. The van der Waals surface area contributed by atoms with Crippen LogP contribution in [0.3, 0.4) is 0 Å². The van der Waals surface area contributed by atoms with E-state index in [1.165, 1.54) is 42.5 Å². The highest BCUT2D eigenvalue weighted by Crippen LogP contribution is 2.39. The minimum atomic E-state index is -4.90. The highest BCUT2D eigenvalue weighted by atomic mass is 35.5. The third-order valence-corrected chi connectivity index (χ3v) is 6.54. The number of anilines is 1. The van der Waals surface area contributed by atoms with Gasteiger partial charge in [-0.05, 0) is 30.3 Å². The summed E-state index contributed by atoms with van der Waals surface area (Å²) in [6, 6.07) is 14.0. The molecule has 1 unspecified atom stereocenters. The Labute approximate surface area is 201 Å². The first kappa shape index (κ1) is 24.0. The molecule has 0 saturated heterocycles. The van der Waals surface area contributed by atoms with Crippen LogP contribution in [0.5, 0.6) is 5.88 Å². The minimum absolute atomic E-state index is 0.0108. The van der Waals surface area contributed by atoms with Crippen molar-refractivity contribution >= 4 is 50.1 Å². The lowest BCUT2D eigenvalue weighted by Crippen LogP contribution is -2.27. The lowest BCUT2D eigenvalue weighted by atomic mass is 10.1. The van der Waals surface area contributed by atoms with Crippen LogP contribution >= 0.6 is 23.2 Å². The molecule has 0 aliphatic rings. The van der Waals surface area contributed by atoms with E-state index in [2.05, 4.69) is 19.7 Å². The summed E-state index contributed by atoms with van der Waals surface area (Å²) in [7, 11) is -4.35.